The summed E-state index contributed by atoms with van der Waals surface area (Å²) in [6.45, 7) is 8.60. The molecule has 0 aliphatic rings. The third-order valence-electron chi connectivity index (χ3n) is 5.62. The van der Waals surface area contributed by atoms with Gasteiger partial charge in [0.2, 0.25) is 0 Å². The van der Waals surface area contributed by atoms with Crippen molar-refractivity contribution >= 4 is 6.29 Å². The lowest BCUT2D eigenvalue weighted by atomic mass is 10.1. The summed E-state index contributed by atoms with van der Waals surface area (Å²) in [6.07, 6.45) is 22.2. The van der Waals surface area contributed by atoms with Crippen molar-refractivity contribution in [3.8, 4) is 0 Å². The van der Waals surface area contributed by atoms with E-state index in [9.17, 15) is 4.79 Å². The van der Waals surface area contributed by atoms with Gasteiger partial charge in [0.15, 0.2) is 0 Å². The standard InChI is InChI=1S/C23H48NO/c1-4-6-8-10-12-16-20-24(3,22-18-14-15-19-23-25)21-17-13-11-9-7-5-2/h23H,4-22H2,1-3H3/q+1. The van der Waals surface area contributed by atoms with Gasteiger partial charge in [-0.05, 0) is 44.9 Å². The highest BCUT2D eigenvalue weighted by Gasteiger charge is 2.20. The Hall–Kier alpha value is -0.370. The molecule has 0 aromatic rings. The quantitative estimate of drug-likeness (QED) is 0.132. The molecule has 0 rings (SSSR count). The van der Waals surface area contributed by atoms with Gasteiger partial charge in [-0.25, -0.2) is 0 Å². The van der Waals surface area contributed by atoms with Crippen molar-refractivity contribution in [3.63, 3.8) is 0 Å². The van der Waals surface area contributed by atoms with Crippen LogP contribution in [0.5, 0.6) is 0 Å². The summed E-state index contributed by atoms with van der Waals surface area (Å²) in [5.41, 5.74) is 0. The minimum atomic E-state index is 0.749. The molecule has 0 aliphatic carbocycles. The van der Waals surface area contributed by atoms with E-state index in [1.165, 1.54) is 114 Å². The van der Waals surface area contributed by atoms with Gasteiger partial charge in [-0.2, -0.15) is 0 Å². The Morgan fingerprint density at radius 1 is 0.560 bits per heavy atom. The number of unbranched alkanes of at least 4 members (excludes halogenated alkanes) is 13. The maximum Gasteiger partial charge on any atom is 0.119 e. The zero-order chi connectivity index (χ0) is 18.6. The molecule has 0 saturated heterocycles. The fourth-order valence-electron chi connectivity index (χ4n) is 3.78. The zero-order valence-electron chi connectivity index (χ0n) is 17.9. The van der Waals surface area contributed by atoms with Crippen LogP contribution in [-0.4, -0.2) is 37.5 Å². The minimum Gasteiger partial charge on any atom is -0.326 e. The molecule has 0 amide bonds. The molecule has 2 nitrogen and oxygen atoms in total. The molecule has 0 spiro atoms. The smallest absolute Gasteiger partial charge is 0.119 e. The van der Waals surface area contributed by atoms with Gasteiger partial charge in [0.05, 0.1) is 26.7 Å². The second-order valence-corrected chi connectivity index (χ2v) is 8.34. The van der Waals surface area contributed by atoms with Gasteiger partial charge in [-0.1, -0.05) is 65.2 Å². The van der Waals surface area contributed by atoms with E-state index >= 15 is 0 Å². The third-order valence-corrected chi connectivity index (χ3v) is 5.62. The number of quaternary nitrogens is 1. The maximum absolute atomic E-state index is 10.5. The highest BCUT2D eigenvalue weighted by molar-refractivity contribution is 5.48. The summed E-state index contributed by atoms with van der Waals surface area (Å²) >= 11 is 0. The van der Waals surface area contributed by atoms with Gasteiger partial charge in [0.25, 0.3) is 0 Å². The fraction of sp³-hybridized carbons (Fsp3) is 0.957. The van der Waals surface area contributed by atoms with Crippen molar-refractivity contribution in [2.45, 2.75) is 117 Å². The van der Waals surface area contributed by atoms with Crippen molar-refractivity contribution < 1.29 is 9.28 Å². The van der Waals surface area contributed by atoms with Gasteiger partial charge in [-0.15, -0.1) is 0 Å². The minimum absolute atomic E-state index is 0.749. The second kappa shape index (κ2) is 18.4. The summed E-state index contributed by atoms with van der Waals surface area (Å²) in [7, 11) is 2.48. The average molecular weight is 355 g/mol. The molecule has 0 aliphatic heterocycles. The number of aldehydes is 1. The predicted molar refractivity (Wildman–Crippen MR) is 112 cm³/mol. The fourth-order valence-corrected chi connectivity index (χ4v) is 3.78. The predicted octanol–water partition coefficient (Wildman–Crippen LogP) is 6.91. The molecular weight excluding hydrogens is 306 g/mol. The summed E-state index contributed by atoms with van der Waals surface area (Å²) in [5.74, 6) is 0. The lowest BCUT2D eigenvalue weighted by Crippen LogP contribution is -2.46. The van der Waals surface area contributed by atoms with E-state index in [1.54, 1.807) is 0 Å². The molecule has 0 heterocycles. The van der Waals surface area contributed by atoms with E-state index in [0.717, 1.165) is 19.1 Å². The van der Waals surface area contributed by atoms with Crippen LogP contribution in [-0.2, 0) is 4.79 Å². The first kappa shape index (κ1) is 24.6. The van der Waals surface area contributed by atoms with Crippen LogP contribution < -0.4 is 0 Å². The third kappa shape index (κ3) is 16.8. The van der Waals surface area contributed by atoms with Crippen LogP contribution in [0.4, 0.5) is 0 Å². The van der Waals surface area contributed by atoms with E-state index < -0.39 is 0 Å². The van der Waals surface area contributed by atoms with E-state index in [-0.39, 0.29) is 0 Å². The Morgan fingerprint density at radius 3 is 1.32 bits per heavy atom. The van der Waals surface area contributed by atoms with E-state index in [4.69, 9.17) is 0 Å². The molecule has 0 bridgehead atoms. The molecule has 150 valence electrons. The summed E-state index contributed by atoms with van der Waals surface area (Å²) < 4.78 is 1.27. The van der Waals surface area contributed by atoms with Crippen molar-refractivity contribution in [3.05, 3.63) is 0 Å². The van der Waals surface area contributed by atoms with Gasteiger partial charge in [0.1, 0.15) is 6.29 Å². The van der Waals surface area contributed by atoms with Gasteiger partial charge >= 0.3 is 0 Å². The number of carbonyl (C=O) groups excluding carboxylic acids is 1. The van der Waals surface area contributed by atoms with Gasteiger partial charge in [0, 0.05) is 6.42 Å². The van der Waals surface area contributed by atoms with Crippen molar-refractivity contribution in [2.24, 2.45) is 0 Å². The molecule has 2 heteroatoms. The van der Waals surface area contributed by atoms with E-state index in [1.807, 2.05) is 0 Å². The zero-order valence-corrected chi connectivity index (χ0v) is 17.9. The molecule has 0 atom stereocenters. The maximum atomic E-state index is 10.5. The Morgan fingerprint density at radius 2 is 0.920 bits per heavy atom. The highest BCUT2D eigenvalue weighted by Crippen LogP contribution is 2.15. The topological polar surface area (TPSA) is 17.1 Å². The van der Waals surface area contributed by atoms with Gasteiger partial charge in [-0.3, -0.25) is 0 Å². The van der Waals surface area contributed by atoms with Crippen LogP contribution in [0.25, 0.3) is 0 Å². The Bertz CT molecular complexity index is 261. The molecule has 0 fully saturated rings. The van der Waals surface area contributed by atoms with Gasteiger partial charge < -0.3 is 9.28 Å². The molecule has 0 radical (unpaired) electrons. The molecule has 0 saturated carbocycles. The van der Waals surface area contributed by atoms with Crippen molar-refractivity contribution in [1.82, 2.24) is 0 Å². The first-order valence-corrected chi connectivity index (χ1v) is 11.5. The normalized spacial score (nSPS) is 11.8. The lowest BCUT2D eigenvalue weighted by molar-refractivity contribution is -0.910. The van der Waals surface area contributed by atoms with Crippen LogP contribution in [0.1, 0.15) is 117 Å². The van der Waals surface area contributed by atoms with E-state index in [0.29, 0.717) is 0 Å². The summed E-state index contributed by atoms with van der Waals surface area (Å²) in [5, 5.41) is 0. The first-order valence-electron chi connectivity index (χ1n) is 11.5. The molecule has 0 unspecified atom stereocenters. The SMILES string of the molecule is CCCCCCCC[N+](C)(CCCCCC=O)CCCCCCCC. The van der Waals surface area contributed by atoms with Crippen LogP contribution in [0.3, 0.4) is 0 Å². The van der Waals surface area contributed by atoms with E-state index in [2.05, 4.69) is 20.9 Å². The number of nitrogens with zero attached hydrogens (tertiary/aromatic N) is 1. The highest BCUT2D eigenvalue weighted by atomic mass is 16.1. The Balaban J connectivity index is 4.03. The molecule has 0 N–H and O–H groups in total. The number of hydrogen-bond donors (Lipinski definition) is 0. The molecule has 0 aromatic heterocycles. The number of carbonyl (C=O) groups is 1. The van der Waals surface area contributed by atoms with Crippen LogP contribution in [0.15, 0.2) is 0 Å². The lowest BCUT2D eigenvalue weighted by Gasteiger charge is -2.35. The second-order valence-electron chi connectivity index (χ2n) is 8.34. The van der Waals surface area contributed by atoms with Crippen molar-refractivity contribution in [2.75, 3.05) is 26.7 Å². The van der Waals surface area contributed by atoms with Crippen LogP contribution >= 0.6 is 0 Å². The van der Waals surface area contributed by atoms with Crippen molar-refractivity contribution in [1.29, 1.82) is 0 Å². The van der Waals surface area contributed by atoms with Crippen LogP contribution in [0.2, 0.25) is 0 Å². The molecule has 25 heavy (non-hydrogen) atoms. The first-order chi connectivity index (χ1) is 12.2. The number of hydrogen-bond acceptors (Lipinski definition) is 1. The largest absolute Gasteiger partial charge is 0.326 e. The average Bonchev–Trinajstić information content (AvgIpc) is 2.61. The number of rotatable bonds is 20. The molecular formula is C23H48NO+. The monoisotopic (exact) mass is 354 g/mol. The summed E-state index contributed by atoms with van der Waals surface area (Å²) in [6, 6.07) is 0. The Kier molecular flexibility index (Phi) is 18.1. The van der Waals surface area contributed by atoms with Crippen LogP contribution in [0, 0.1) is 0 Å². The Labute approximate surface area is 159 Å². The summed E-state index contributed by atoms with van der Waals surface area (Å²) in [4.78, 5) is 10.5. The molecule has 0 aromatic carbocycles.